The fraction of sp³-hybridized carbons (Fsp3) is 0.562. The second kappa shape index (κ2) is 10.4. The number of ether oxygens (including phenoxy) is 3. The Morgan fingerprint density at radius 3 is 2.55 bits per heavy atom. The van der Waals surface area contributed by atoms with Crippen LogP contribution in [-0.4, -0.2) is 38.8 Å². The van der Waals surface area contributed by atoms with Gasteiger partial charge in [-0.3, -0.25) is 4.79 Å². The van der Waals surface area contributed by atoms with Crippen molar-refractivity contribution in [3.05, 3.63) is 29.8 Å². The summed E-state index contributed by atoms with van der Waals surface area (Å²) in [5.74, 6) is 0.547. The van der Waals surface area contributed by atoms with Gasteiger partial charge in [-0.2, -0.15) is 0 Å². The van der Waals surface area contributed by atoms with Gasteiger partial charge >= 0.3 is 0 Å². The Bertz CT molecular complexity index is 390. The van der Waals surface area contributed by atoms with Crippen LogP contribution in [0.15, 0.2) is 24.3 Å². The molecule has 1 aromatic carbocycles. The molecular weight excluding hydrogens is 256 g/mol. The van der Waals surface area contributed by atoms with Crippen LogP contribution in [0.3, 0.4) is 0 Å². The minimum Gasteiger partial charge on any atom is -0.493 e. The highest BCUT2D eigenvalue weighted by Gasteiger charge is 2.11. The molecule has 0 fully saturated rings. The lowest BCUT2D eigenvalue weighted by Crippen LogP contribution is -2.14. The molecule has 0 saturated heterocycles. The summed E-state index contributed by atoms with van der Waals surface area (Å²) in [4.78, 5) is 12.0. The largest absolute Gasteiger partial charge is 0.493 e. The first-order chi connectivity index (χ1) is 9.79. The number of rotatable bonds is 11. The van der Waals surface area contributed by atoms with Crippen LogP contribution in [0.4, 0.5) is 0 Å². The third kappa shape index (κ3) is 6.17. The normalized spacial score (nSPS) is 10.5. The first-order valence-electron chi connectivity index (χ1n) is 7.20. The number of unbranched alkanes of at least 4 members (excludes halogenated alkanes) is 1. The molecule has 0 aliphatic rings. The molecule has 0 unspecified atom stereocenters. The Labute approximate surface area is 121 Å². The lowest BCUT2D eigenvalue weighted by atomic mass is 10.1. The molecule has 20 heavy (non-hydrogen) atoms. The van der Waals surface area contributed by atoms with Gasteiger partial charge in [-0.15, -0.1) is 0 Å². The van der Waals surface area contributed by atoms with E-state index in [2.05, 4.69) is 6.92 Å². The Hall–Kier alpha value is -1.39. The molecule has 0 amide bonds. The average molecular weight is 280 g/mol. The predicted octanol–water partition coefficient (Wildman–Crippen LogP) is 3.10. The van der Waals surface area contributed by atoms with Gasteiger partial charge in [0, 0.05) is 6.61 Å². The van der Waals surface area contributed by atoms with Crippen LogP contribution in [-0.2, 0) is 9.47 Å². The fourth-order valence-corrected chi connectivity index (χ4v) is 1.69. The van der Waals surface area contributed by atoms with Gasteiger partial charge in [-0.05, 0) is 25.5 Å². The Kier molecular flexibility index (Phi) is 8.67. The van der Waals surface area contributed by atoms with Crippen molar-refractivity contribution in [2.24, 2.45) is 0 Å². The van der Waals surface area contributed by atoms with Crippen molar-refractivity contribution in [2.45, 2.75) is 26.7 Å². The van der Waals surface area contributed by atoms with Crippen LogP contribution < -0.4 is 4.74 Å². The summed E-state index contributed by atoms with van der Waals surface area (Å²) in [6.45, 7) is 6.32. The Morgan fingerprint density at radius 2 is 1.80 bits per heavy atom. The zero-order chi connectivity index (χ0) is 14.6. The van der Waals surface area contributed by atoms with Crippen molar-refractivity contribution in [3.63, 3.8) is 0 Å². The van der Waals surface area contributed by atoms with Gasteiger partial charge in [0.15, 0.2) is 5.78 Å². The molecule has 0 heterocycles. The number of hydrogen-bond donors (Lipinski definition) is 0. The molecule has 0 aliphatic heterocycles. The van der Waals surface area contributed by atoms with Crippen LogP contribution in [0.25, 0.3) is 0 Å². The summed E-state index contributed by atoms with van der Waals surface area (Å²) in [6.07, 6.45) is 2.17. The quantitative estimate of drug-likeness (QED) is 0.461. The van der Waals surface area contributed by atoms with Gasteiger partial charge in [-0.1, -0.05) is 25.5 Å². The lowest BCUT2D eigenvalue weighted by Gasteiger charge is -2.09. The summed E-state index contributed by atoms with van der Waals surface area (Å²) in [5, 5.41) is 0. The van der Waals surface area contributed by atoms with Gasteiger partial charge < -0.3 is 14.2 Å². The van der Waals surface area contributed by atoms with Gasteiger partial charge in [0.25, 0.3) is 0 Å². The molecule has 1 aromatic rings. The molecule has 1 rings (SSSR count). The number of ketones is 1. The highest BCUT2D eigenvalue weighted by molar-refractivity contribution is 5.99. The maximum absolute atomic E-state index is 12.0. The molecule has 0 N–H and O–H groups in total. The number of carbonyl (C=O) groups is 1. The molecule has 0 aromatic heterocycles. The van der Waals surface area contributed by atoms with Crippen LogP contribution in [0.5, 0.6) is 5.75 Å². The van der Waals surface area contributed by atoms with Crippen LogP contribution in [0.1, 0.15) is 37.0 Å². The Balaban J connectivity index is 2.29. The van der Waals surface area contributed by atoms with E-state index in [1.807, 2.05) is 19.1 Å². The minimum atomic E-state index is -0.0670. The first-order valence-corrected chi connectivity index (χ1v) is 7.20. The van der Waals surface area contributed by atoms with E-state index >= 15 is 0 Å². The summed E-state index contributed by atoms with van der Waals surface area (Å²) in [5.41, 5.74) is 0.571. The highest BCUT2D eigenvalue weighted by atomic mass is 16.5. The molecule has 4 heteroatoms. The van der Waals surface area contributed by atoms with Gasteiger partial charge in [0.1, 0.15) is 12.4 Å². The summed E-state index contributed by atoms with van der Waals surface area (Å²) >= 11 is 0. The van der Waals surface area contributed by atoms with E-state index in [-0.39, 0.29) is 12.4 Å². The standard InChI is InChI=1S/C16H24O4/c1-3-5-10-18-11-12-19-13-15(17)14-8-6-7-9-16(14)20-4-2/h6-9H,3-5,10-13H2,1-2H3. The SMILES string of the molecule is CCCCOCCOCC(=O)c1ccccc1OCC. The Morgan fingerprint density at radius 1 is 1.05 bits per heavy atom. The van der Waals surface area contributed by atoms with Crippen LogP contribution in [0, 0.1) is 0 Å². The predicted molar refractivity (Wildman–Crippen MR) is 78.5 cm³/mol. The molecule has 0 spiro atoms. The lowest BCUT2D eigenvalue weighted by molar-refractivity contribution is 0.0431. The molecule has 0 atom stereocenters. The highest BCUT2D eigenvalue weighted by Crippen LogP contribution is 2.18. The molecular formula is C16H24O4. The molecule has 0 bridgehead atoms. The fourth-order valence-electron chi connectivity index (χ4n) is 1.69. The number of benzene rings is 1. The number of Topliss-reactive ketones (excluding diaryl/α,β-unsaturated/α-hetero) is 1. The van der Waals surface area contributed by atoms with Crippen molar-refractivity contribution in [2.75, 3.05) is 33.0 Å². The van der Waals surface area contributed by atoms with E-state index in [4.69, 9.17) is 14.2 Å². The molecule has 112 valence electrons. The van der Waals surface area contributed by atoms with Gasteiger partial charge in [-0.25, -0.2) is 0 Å². The zero-order valence-electron chi connectivity index (χ0n) is 12.4. The van der Waals surface area contributed by atoms with Crippen molar-refractivity contribution in [3.8, 4) is 5.75 Å². The number of para-hydroxylation sites is 1. The summed E-state index contributed by atoms with van der Waals surface area (Å²) in [6, 6.07) is 7.23. The second-order valence-corrected chi connectivity index (χ2v) is 4.37. The van der Waals surface area contributed by atoms with Gasteiger partial charge in [0.2, 0.25) is 0 Å². The summed E-state index contributed by atoms with van der Waals surface area (Å²) in [7, 11) is 0. The molecule has 0 aliphatic carbocycles. The van der Waals surface area contributed by atoms with E-state index in [1.54, 1.807) is 12.1 Å². The monoisotopic (exact) mass is 280 g/mol. The van der Waals surface area contributed by atoms with E-state index in [9.17, 15) is 4.79 Å². The van der Waals surface area contributed by atoms with Crippen molar-refractivity contribution >= 4 is 5.78 Å². The van der Waals surface area contributed by atoms with Crippen LogP contribution >= 0.6 is 0 Å². The minimum absolute atomic E-state index is 0.0568. The van der Waals surface area contributed by atoms with E-state index in [1.165, 1.54) is 0 Å². The average Bonchev–Trinajstić information content (AvgIpc) is 2.47. The van der Waals surface area contributed by atoms with Crippen molar-refractivity contribution in [1.29, 1.82) is 0 Å². The van der Waals surface area contributed by atoms with E-state index in [0.29, 0.717) is 31.1 Å². The van der Waals surface area contributed by atoms with E-state index in [0.717, 1.165) is 19.4 Å². The zero-order valence-corrected chi connectivity index (χ0v) is 12.4. The van der Waals surface area contributed by atoms with Gasteiger partial charge in [0.05, 0.1) is 25.4 Å². The summed E-state index contributed by atoms with van der Waals surface area (Å²) < 4.78 is 16.1. The molecule has 0 saturated carbocycles. The maximum atomic E-state index is 12.0. The number of hydrogen-bond acceptors (Lipinski definition) is 4. The van der Waals surface area contributed by atoms with Crippen LogP contribution in [0.2, 0.25) is 0 Å². The molecule has 0 radical (unpaired) electrons. The third-order valence-corrected chi connectivity index (χ3v) is 2.73. The topological polar surface area (TPSA) is 44.8 Å². The van der Waals surface area contributed by atoms with Crippen molar-refractivity contribution in [1.82, 2.24) is 0 Å². The second-order valence-electron chi connectivity index (χ2n) is 4.37. The first kappa shape index (κ1) is 16.7. The molecule has 4 nitrogen and oxygen atoms in total. The smallest absolute Gasteiger partial charge is 0.192 e. The third-order valence-electron chi connectivity index (χ3n) is 2.73. The number of carbonyl (C=O) groups excluding carboxylic acids is 1. The maximum Gasteiger partial charge on any atom is 0.192 e. The van der Waals surface area contributed by atoms with Crippen molar-refractivity contribution < 1.29 is 19.0 Å². The van der Waals surface area contributed by atoms with E-state index < -0.39 is 0 Å².